The maximum absolute atomic E-state index is 5.21. The minimum Gasteiger partial charge on any atom is -0.385 e. The summed E-state index contributed by atoms with van der Waals surface area (Å²) in [5.41, 5.74) is 5.21. The van der Waals surface area contributed by atoms with Crippen LogP contribution >= 0.6 is 11.9 Å². The molecule has 0 atom stereocenters. The molecule has 0 saturated carbocycles. The van der Waals surface area contributed by atoms with Gasteiger partial charge in [-0.15, -0.1) is 5.10 Å². The summed E-state index contributed by atoms with van der Waals surface area (Å²) in [7, 11) is 0. The van der Waals surface area contributed by atoms with Crippen LogP contribution in [0.15, 0.2) is 14.8 Å². The van der Waals surface area contributed by atoms with Crippen molar-refractivity contribution in [1.29, 1.82) is 0 Å². The molecule has 0 unspecified atom stereocenters. The molecule has 1 rings (SSSR count). The van der Waals surface area contributed by atoms with E-state index in [0.717, 1.165) is 0 Å². The van der Waals surface area contributed by atoms with E-state index >= 15 is 0 Å². The van der Waals surface area contributed by atoms with E-state index in [1.54, 1.807) is 0 Å². The van der Waals surface area contributed by atoms with Crippen LogP contribution in [0.25, 0.3) is 0 Å². The highest BCUT2D eigenvalue weighted by Crippen LogP contribution is 2.05. The molecule has 0 radical (unpaired) electrons. The lowest BCUT2D eigenvalue weighted by molar-refractivity contribution is 1.09. The third-order valence-electron chi connectivity index (χ3n) is 0.480. The van der Waals surface area contributed by atoms with Crippen molar-refractivity contribution in [2.45, 2.75) is 0 Å². The Hall–Kier alpha value is -0.580. The second-order valence-electron chi connectivity index (χ2n) is 1.04. The quantitative estimate of drug-likeness (QED) is 0.465. The van der Waals surface area contributed by atoms with E-state index in [2.05, 4.69) is 14.8 Å². The van der Waals surface area contributed by atoms with Gasteiger partial charge in [-0.1, -0.05) is 4.52 Å². The standard InChI is InChI=1S/C2H4N4S/c3-2-1-7-6-5-4-2/h1H2,(H2,3,4,6). The van der Waals surface area contributed by atoms with Gasteiger partial charge in [-0.3, -0.25) is 0 Å². The highest BCUT2D eigenvalue weighted by atomic mass is 32.2. The fourth-order valence-corrected chi connectivity index (χ4v) is 0.561. The third kappa shape index (κ3) is 1.15. The van der Waals surface area contributed by atoms with Gasteiger partial charge in [-0.05, 0) is 5.22 Å². The summed E-state index contributed by atoms with van der Waals surface area (Å²) in [6.45, 7) is 0. The molecule has 0 aromatic heterocycles. The zero-order valence-corrected chi connectivity index (χ0v) is 4.35. The normalized spacial score (nSPS) is 19.1. The third-order valence-corrected chi connectivity index (χ3v) is 1.09. The first-order chi connectivity index (χ1) is 3.39. The maximum Gasteiger partial charge on any atom is 0.136 e. The predicted octanol–water partition coefficient (Wildman–Crippen LogP) is 0.373. The molecule has 0 saturated heterocycles. The Labute approximate surface area is 45.0 Å². The SMILES string of the molecule is NC1=NN=NSC1. The van der Waals surface area contributed by atoms with Crippen LogP contribution in [0.4, 0.5) is 0 Å². The van der Waals surface area contributed by atoms with Crippen molar-refractivity contribution in [2.24, 2.45) is 20.6 Å². The van der Waals surface area contributed by atoms with E-state index in [9.17, 15) is 0 Å². The first-order valence-corrected chi connectivity index (χ1v) is 2.68. The number of hydrogen-bond acceptors (Lipinski definition) is 5. The fourth-order valence-electron chi connectivity index (χ4n) is 0.225. The Balaban J connectivity index is 2.57. The van der Waals surface area contributed by atoms with Gasteiger partial charge >= 0.3 is 0 Å². The van der Waals surface area contributed by atoms with Gasteiger partial charge in [0.15, 0.2) is 0 Å². The van der Waals surface area contributed by atoms with Crippen LogP contribution in [0, 0.1) is 0 Å². The van der Waals surface area contributed by atoms with Crippen molar-refractivity contribution in [1.82, 2.24) is 0 Å². The molecule has 7 heavy (non-hydrogen) atoms. The Morgan fingerprint density at radius 3 is 2.86 bits per heavy atom. The molecule has 1 heterocycles. The second kappa shape index (κ2) is 1.92. The highest BCUT2D eigenvalue weighted by Gasteiger charge is 1.94. The molecule has 0 spiro atoms. The van der Waals surface area contributed by atoms with Gasteiger partial charge < -0.3 is 5.73 Å². The monoisotopic (exact) mass is 116 g/mol. The molecule has 38 valence electrons. The van der Waals surface area contributed by atoms with Gasteiger partial charge in [0.05, 0.1) is 5.75 Å². The van der Waals surface area contributed by atoms with Crippen molar-refractivity contribution >= 4 is 17.8 Å². The van der Waals surface area contributed by atoms with Crippen LogP contribution in [0.1, 0.15) is 0 Å². The molecule has 0 aromatic carbocycles. The van der Waals surface area contributed by atoms with Crippen molar-refractivity contribution in [3.05, 3.63) is 0 Å². The topological polar surface area (TPSA) is 63.1 Å². The van der Waals surface area contributed by atoms with E-state index in [1.165, 1.54) is 11.9 Å². The summed E-state index contributed by atoms with van der Waals surface area (Å²) in [4.78, 5) is 0. The largest absolute Gasteiger partial charge is 0.385 e. The summed E-state index contributed by atoms with van der Waals surface area (Å²) in [5, 5.41) is 6.77. The van der Waals surface area contributed by atoms with Crippen LogP contribution in [0.2, 0.25) is 0 Å². The molecule has 5 heteroatoms. The highest BCUT2D eigenvalue weighted by molar-refractivity contribution is 7.98. The minimum atomic E-state index is 0.542. The molecule has 0 aromatic rings. The van der Waals surface area contributed by atoms with Gasteiger partial charge in [0.2, 0.25) is 0 Å². The fraction of sp³-hybridized carbons (Fsp3) is 0.500. The summed E-state index contributed by atoms with van der Waals surface area (Å²) < 4.78 is 3.50. The lowest BCUT2D eigenvalue weighted by Crippen LogP contribution is -2.14. The molecule has 4 nitrogen and oxygen atoms in total. The Kier molecular flexibility index (Phi) is 1.26. The molecular weight excluding hydrogens is 112 g/mol. The summed E-state index contributed by atoms with van der Waals surface area (Å²) in [5.74, 6) is 1.21. The van der Waals surface area contributed by atoms with Crippen molar-refractivity contribution < 1.29 is 0 Å². The Bertz CT molecular complexity index is 117. The van der Waals surface area contributed by atoms with E-state index in [1.807, 2.05) is 0 Å². The number of amidine groups is 1. The van der Waals surface area contributed by atoms with Gasteiger partial charge in [0.1, 0.15) is 5.84 Å². The molecule has 0 aliphatic carbocycles. The van der Waals surface area contributed by atoms with E-state index in [-0.39, 0.29) is 0 Å². The van der Waals surface area contributed by atoms with Crippen LogP contribution in [-0.2, 0) is 0 Å². The van der Waals surface area contributed by atoms with E-state index < -0.39 is 0 Å². The molecule has 0 amide bonds. The van der Waals surface area contributed by atoms with Crippen LogP contribution in [0.3, 0.4) is 0 Å². The number of nitrogens with two attached hydrogens (primary N) is 1. The number of rotatable bonds is 0. The summed E-state index contributed by atoms with van der Waals surface area (Å²) in [6, 6.07) is 0. The first-order valence-electron chi connectivity index (χ1n) is 1.74. The average molecular weight is 116 g/mol. The minimum absolute atomic E-state index is 0.542. The number of nitrogens with zero attached hydrogens (tertiary/aromatic N) is 3. The Morgan fingerprint density at radius 2 is 2.57 bits per heavy atom. The predicted molar refractivity (Wildman–Crippen MR) is 28.9 cm³/mol. The molecule has 1 aliphatic heterocycles. The van der Waals surface area contributed by atoms with Crippen molar-refractivity contribution in [3.63, 3.8) is 0 Å². The molecule has 0 bridgehead atoms. The number of hydrogen-bond donors (Lipinski definition) is 1. The van der Waals surface area contributed by atoms with Crippen LogP contribution in [0.5, 0.6) is 0 Å². The maximum atomic E-state index is 5.21. The zero-order chi connectivity index (χ0) is 5.11. The van der Waals surface area contributed by atoms with Crippen LogP contribution in [-0.4, -0.2) is 11.6 Å². The van der Waals surface area contributed by atoms with Crippen LogP contribution < -0.4 is 5.73 Å². The lowest BCUT2D eigenvalue weighted by Gasteiger charge is -1.94. The van der Waals surface area contributed by atoms with Crippen molar-refractivity contribution in [2.75, 3.05) is 5.75 Å². The van der Waals surface area contributed by atoms with Gasteiger partial charge in [0, 0.05) is 11.9 Å². The first kappa shape index (κ1) is 4.58. The second-order valence-corrected chi connectivity index (χ2v) is 1.75. The average Bonchev–Trinajstić information content (AvgIpc) is 1.69. The molecule has 0 fully saturated rings. The lowest BCUT2D eigenvalue weighted by atomic mass is 10.7. The molecule has 2 N–H and O–H groups in total. The summed E-state index contributed by atoms with van der Waals surface area (Å²) >= 11 is 1.31. The van der Waals surface area contributed by atoms with Gasteiger partial charge in [-0.25, -0.2) is 0 Å². The molecular formula is C2H4N4S. The molecule has 1 aliphatic rings. The Morgan fingerprint density at radius 1 is 1.71 bits per heavy atom. The van der Waals surface area contributed by atoms with E-state index in [0.29, 0.717) is 11.6 Å². The summed E-state index contributed by atoms with van der Waals surface area (Å²) in [6.07, 6.45) is 0. The zero-order valence-electron chi connectivity index (χ0n) is 3.53. The smallest absolute Gasteiger partial charge is 0.136 e. The van der Waals surface area contributed by atoms with Crippen molar-refractivity contribution in [3.8, 4) is 0 Å². The van der Waals surface area contributed by atoms with Gasteiger partial charge in [-0.2, -0.15) is 0 Å². The van der Waals surface area contributed by atoms with E-state index in [4.69, 9.17) is 5.73 Å². The van der Waals surface area contributed by atoms with Gasteiger partial charge in [0.25, 0.3) is 0 Å².